The van der Waals surface area contributed by atoms with Crippen LogP contribution in [-0.2, 0) is 11.2 Å². The van der Waals surface area contributed by atoms with Crippen molar-refractivity contribution in [2.75, 3.05) is 39.7 Å². The Morgan fingerprint density at radius 2 is 1.67 bits per heavy atom. The molecule has 0 saturated heterocycles. The molecular formula is C26H27ClN2O4. The average Bonchev–Trinajstić information content (AvgIpc) is 2.83. The number of rotatable bonds is 7. The van der Waals surface area contributed by atoms with E-state index in [9.17, 15) is 4.79 Å². The van der Waals surface area contributed by atoms with Crippen molar-refractivity contribution in [2.45, 2.75) is 12.5 Å². The lowest BCUT2D eigenvalue weighted by Crippen LogP contribution is -2.41. The molecule has 1 heterocycles. The van der Waals surface area contributed by atoms with E-state index in [2.05, 4.69) is 22.3 Å². The minimum absolute atomic E-state index is 0.0956. The zero-order valence-electron chi connectivity index (χ0n) is 18.9. The molecule has 172 valence electrons. The summed E-state index contributed by atoms with van der Waals surface area (Å²) in [5, 5.41) is 3.48. The van der Waals surface area contributed by atoms with Crippen molar-refractivity contribution in [1.29, 1.82) is 0 Å². The fourth-order valence-corrected chi connectivity index (χ4v) is 4.52. The van der Waals surface area contributed by atoms with Crippen LogP contribution in [0.3, 0.4) is 0 Å². The number of nitrogens with one attached hydrogen (secondary N) is 1. The van der Waals surface area contributed by atoms with E-state index < -0.39 is 0 Å². The van der Waals surface area contributed by atoms with Gasteiger partial charge in [-0.2, -0.15) is 0 Å². The molecule has 0 fully saturated rings. The van der Waals surface area contributed by atoms with Gasteiger partial charge in [0.25, 0.3) is 0 Å². The quantitative estimate of drug-likeness (QED) is 0.533. The van der Waals surface area contributed by atoms with E-state index in [1.54, 1.807) is 39.5 Å². The second kappa shape index (κ2) is 10.1. The first-order valence-corrected chi connectivity index (χ1v) is 11.1. The van der Waals surface area contributed by atoms with Gasteiger partial charge in [0.15, 0.2) is 11.5 Å². The molecule has 4 rings (SSSR count). The number of nitrogens with zero attached hydrogens (tertiary/aromatic N) is 1. The highest BCUT2D eigenvalue weighted by molar-refractivity contribution is 6.31. The maximum absolute atomic E-state index is 13.1. The summed E-state index contributed by atoms with van der Waals surface area (Å²) in [7, 11) is 4.84. The number of hydrogen-bond acceptors (Lipinski definition) is 5. The second-order valence-corrected chi connectivity index (χ2v) is 8.27. The van der Waals surface area contributed by atoms with Crippen LogP contribution in [0.25, 0.3) is 0 Å². The Morgan fingerprint density at radius 1 is 0.970 bits per heavy atom. The molecule has 1 amide bonds. The van der Waals surface area contributed by atoms with E-state index in [1.807, 2.05) is 30.3 Å². The molecule has 6 nitrogen and oxygen atoms in total. The molecule has 0 bridgehead atoms. The van der Waals surface area contributed by atoms with Crippen LogP contribution in [0.4, 0.5) is 5.69 Å². The Morgan fingerprint density at radius 3 is 2.36 bits per heavy atom. The Bertz CT molecular complexity index is 1140. The number of carbonyl (C=O) groups is 1. The minimum Gasteiger partial charge on any atom is -0.495 e. The fraction of sp³-hybridized carbons (Fsp3) is 0.269. The molecule has 0 radical (unpaired) electrons. The summed E-state index contributed by atoms with van der Waals surface area (Å²) in [6, 6.07) is 19.3. The van der Waals surface area contributed by atoms with E-state index in [4.69, 9.17) is 25.8 Å². The normalized spacial score (nSPS) is 15.5. The van der Waals surface area contributed by atoms with Gasteiger partial charge in [0.2, 0.25) is 5.91 Å². The van der Waals surface area contributed by atoms with Gasteiger partial charge in [-0.15, -0.1) is 0 Å². The zero-order chi connectivity index (χ0) is 23.4. The number of amides is 1. The van der Waals surface area contributed by atoms with E-state index in [0.717, 1.165) is 24.1 Å². The molecule has 1 aliphatic heterocycles. The molecular weight excluding hydrogens is 440 g/mol. The predicted octanol–water partition coefficient (Wildman–Crippen LogP) is 4.95. The van der Waals surface area contributed by atoms with Crippen molar-refractivity contribution < 1.29 is 19.0 Å². The molecule has 33 heavy (non-hydrogen) atoms. The molecule has 0 spiro atoms. The number of ether oxygens (including phenoxy) is 3. The third kappa shape index (κ3) is 4.92. The molecule has 3 aromatic rings. The van der Waals surface area contributed by atoms with Gasteiger partial charge in [0, 0.05) is 11.6 Å². The summed E-state index contributed by atoms with van der Waals surface area (Å²) >= 11 is 6.12. The lowest BCUT2D eigenvalue weighted by Gasteiger charge is -2.37. The van der Waals surface area contributed by atoms with Gasteiger partial charge in [-0.1, -0.05) is 41.9 Å². The van der Waals surface area contributed by atoms with Crippen LogP contribution >= 0.6 is 11.6 Å². The van der Waals surface area contributed by atoms with E-state index in [-0.39, 0.29) is 18.5 Å². The van der Waals surface area contributed by atoms with Gasteiger partial charge in [0.1, 0.15) is 5.75 Å². The van der Waals surface area contributed by atoms with Crippen molar-refractivity contribution in [3.05, 3.63) is 82.4 Å². The molecule has 1 N–H and O–H groups in total. The summed E-state index contributed by atoms with van der Waals surface area (Å²) in [6.07, 6.45) is 0.798. The first kappa shape index (κ1) is 23.0. The van der Waals surface area contributed by atoms with Crippen LogP contribution in [0.15, 0.2) is 60.7 Å². The van der Waals surface area contributed by atoms with Crippen LogP contribution in [0.2, 0.25) is 5.02 Å². The summed E-state index contributed by atoms with van der Waals surface area (Å²) in [5.41, 5.74) is 3.96. The highest BCUT2D eigenvalue weighted by Gasteiger charge is 2.31. The molecule has 0 aromatic heterocycles. The van der Waals surface area contributed by atoms with E-state index in [1.165, 1.54) is 5.56 Å². The van der Waals surface area contributed by atoms with Gasteiger partial charge >= 0.3 is 0 Å². The zero-order valence-corrected chi connectivity index (χ0v) is 19.7. The molecule has 7 heteroatoms. The summed E-state index contributed by atoms with van der Waals surface area (Å²) in [4.78, 5) is 15.3. The predicted molar refractivity (Wildman–Crippen MR) is 130 cm³/mol. The summed E-state index contributed by atoms with van der Waals surface area (Å²) < 4.78 is 16.4. The maximum Gasteiger partial charge on any atom is 0.238 e. The smallest absolute Gasteiger partial charge is 0.238 e. The molecule has 0 saturated carbocycles. The third-order valence-electron chi connectivity index (χ3n) is 5.87. The monoisotopic (exact) mass is 466 g/mol. The van der Waals surface area contributed by atoms with Crippen LogP contribution in [0, 0.1) is 0 Å². The third-order valence-corrected chi connectivity index (χ3v) is 6.11. The van der Waals surface area contributed by atoms with Crippen molar-refractivity contribution in [3.8, 4) is 17.2 Å². The van der Waals surface area contributed by atoms with Gasteiger partial charge < -0.3 is 19.5 Å². The van der Waals surface area contributed by atoms with Crippen molar-refractivity contribution in [1.82, 2.24) is 4.90 Å². The van der Waals surface area contributed by atoms with Gasteiger partial charge in [-0.3, -0.25) is 9.69 Å². The standard InChI is InChI=1S/C26H27ClN2O4/c1-31-22-10-9-19(27)14-21(22)28-25(30)16-29-12-11-18-13-23(32-2)24(33-3)15-20(18)26(29)17-7-5-4-6-8-17/h4-10,13-15,26H,11-12,16H2,1-3H3,(H,28,30)/t26-/m0/s1. The van der Waals surface area contributed by atoms with Crippen LogP contribution in [-0.4, -0.2) is 45.2 Å². The highest BCUT2D eigenvalue weighted by Crippen LogP contribution is 2.41. The molecule has 1 atom stereocenters. The highest BCUT2D eigenvalue weighted by atomic mass is 35.5. The molecule has 0 unspecified atom stereocenters. The number of carbonyl (C=O) groups excluding carboxylic acids is 1. The van der Waals surface area contributed by atoms with Gasteiger partial charge in [-0.25, -0.2) is 0 Å². The van der Waals surface area contributed by atoms with Gasteiger partial charge in [0.05, 0.1) is 39.6 Å². The molecule has 1 aliphatic rings. The molecule has 3 aromatic carbocycles. The Balaban J connectivity index is 1.65. The fourth-order valence-electron chi connectivity index (χ4n) is 4.35. The lowest BCUT2D eigenvalue weighted by molar-refractivity contribution is -0.117. The van der Waals surface area contributed by atoms with Crippen LogP contribution in [0.1, 0.15) is 22.7 Å². The van der Waals surface area contributed by atoms with Crippen LogP contribution in [0.5, 0.6) is 17.2 Å². The minimum atomic E-state index is -0.138. The number of benzene rings is 3. The SMILES string of the molecule is COc1ccc(Cl)cc1NC(=O)CN1CCc2cc(OC)c(OC)cc2[C@@H]1c1ccccc1. The van der Waals surface area contributed by atoms with E-state index >= 15 is 0 Å². The van der Waals surface area contributed by atoms with Crippen LogP contribution < -0.4 is 19.5 Å². The summed E-state index contributed by atoms with van der Waals surface area (Å²) in [5.74, 6) is 1.81. The van der Waals surface area contributed by atoms with Crippen molar-refractivity contribution in [2.24, 2.45) is 0 Å². The Kier molecular flexibility index (Phi) is 7.06. The lowest BCUT2D eigenvalue weighted by atomic mass is 9.87. The van der Waals surface area contributed by atoms with Gasteiger partial charge in [-0.05, 0) is 53.4 Å². The Labute approximate surface area is 199 Å². The second-order valence-electron chi connectivity index (χ2n) is 7.83. The Hall–Kier alpha value is -3.22. The number of anilines is 1. The van der Waals surface area contributed by atoms with E-state index in [0.29, 0.717) is 28.0 Å². The first-order valence-electron chi connectivity index (χ1n) is 10.7. The number of hydrogen-bond donors (Lipinski definition) is 1. The maximum atomic E-state index is 13.1. The molecule has 0 aliphatic carbocycles. The number of methoxy groups -OCH3 is 3. The topological polar surface area (TPSA) is 60.0 Å². The van der Waals surface area contributed by atoms with Crippen molar-refractivity contribution in [3.63, 3.8) is 0 Å². The summed E-state index contributed by atoms with van der Waals surface area (Å²) in [6.45, 7) is 0.936. The average molecular weight is 467 g/mol. The van der Waals surface area contributed by atoms with Crippen molar-refractivity contribution >= 4 is 23.2 Å². The first-order chi connectivity index (χ1) is 16.0. The number of halogens is 1. The largest absolute Gasteiger partial charge is 0.495 e. The number of fused-ring (bicyclic) bond motifs is 1.